The molecule has 0 N–H and O–H groups in total. The van der Waals surface area contributed by atoms with Crippen molar-refractivity contribution < 1.29 is 0 Å². The molecule has 5 heteroatoms. The van der Waals surface area contributed by atoms with Crippen LogP contribution in [0.15, 0.2) is 0 Å². The van der Waals surface area contributed by atoms with Gasteiger partial charge < -0.3 is 0 Å². The first-order valence-corrected chi connectivity index (χ1v) is 3.17. The predicted octanol–water partition coefficient (Wildman–Crippen LogP) is -0.0105. The summed E-state index contributed by atoms with van der Waals surface area (Å²) in [6.07, 6.45) is 2.55. The molecule has 0 aromatic carbocycles. The molecule has 0 atom stereocenters. The van der Waals surface area contributed by atoms with E-state index >= 15 is 0 Å². The van der Waals surface area contributed by atoms with E-state index in [2.05, 4.69) is 21.9 Å². The Morgan fingerprint density at radius 2 is 2.62 bits per heavy atom. The van der Waals surface area contributed by atoms with Gasteiger partial charge in [0.05, 0.1) is 0 Å². The van der Waals surface area contributed by atoms with Crippen molar-refractivity contribution in [3.63, 3.8) is 0 Å². The number of tetrazole rings is 1. The summed E-state index contributed by atoms with van der Waals surface area (Å²) in [6, 6.07) is 0. The van der Waals surface area contributed by atoms with Crippen molar-refractivity contribution in [2.75, 3.05) is 5.75 Å². The number of hydrogen-bond donors (Lipinski definition) is 0. The summed E-state index contributed by atoms with van der Waals surface area (Å²) in [6.45, 7) is 2.03. The molecule has 0 aliphatic heterocycles. The first kappa shape index (κ1) is 5.55. The minimum absolute atomic E-state index is 0.960. The Balaban J connectivity index is 2.50. The van der Waals surface area contributed by atoms with Crippen LogP contribution < -0.4 is 0 Å². The third-order valence-corrected chi connectivity index (χ3v) is 1.21. The molecule has 8 heavy (non-hydrogen) atoms. The van der Waals surface area contributed by atoms with E-state index in [0.717, 1.165) is 5.75 Å². The molecule has 4 nitrogen and oxygen atoms in total. The van der Waals surface area contributed by atoms with E-state index in [9.17, 15) is 0 Å². The molecule has 1 rings (SSSR count). The maximum absolute atomic E-state index is 3.57. The molecule has 1 radical (unpaired) electrons. The SMILES string of the molecule is CCSn1[c]nnn1. The monoisotopic (exact) mass is 129 g/mol. The summed E-state index contributed by atoms with van der Waals surface area (Å²) in [7, 11) is 0. The molecule has 0 bridgehead atoms. The average molecular weight is 129 g/mol. The Kier molecular flexibility index (Phi) is 1.85. The second-order valence-corrected chi connectivity index (χ2v) is 2.25. The zero-order chi connectivity index (χ0) is 5.82. The van der Waals surface area contributed by atoms with Crippen molar-refractivity contribution in [1.29, 1.82) is 0 Å². The van der Waals surface area contributed by atoms with Crippen LogP contribution in [-0.4, -0.2) is 25.4 Å². The highest BCUT2D eigenvalue weighted by Crippen LogP contribution is 1.96. The molecule has 1 aromatic heterocycles. The quantitative estimate of drug-likeness (QED) is 0.563. The molecule has 0 fully saturated rings. The van der Waals surface area contributed by atoms with E-state index in [4.69, 9.17) is 0 Å². The van der Waals surface area contributed by atoms with Crippen LogP contribution >= 0.6 is 11.9 Å². The van der Waals surface area contributed by atoms with Gasteiger partial charge >= 0.3 is 0 Å². The van der Waals surface area contributed by atoms with Gasteiger partial charge in [-0.15, -0.1) is 5.10 Å². The average Bonchev–Trinajstić information content (AvgIpc) is 2.19. The van der Waals surface area contributed by atoms with Gasteiger partial charge in [-0.2, -0.15) is 4.09 Å². The lowest BCUT2D eigenvalue weighted by molar-refractivity contribution is 0.852. The smallest absolute Gasteiger partial charge is 0.162 e. The Morgan fingerprint density at radius 3 is 3.12 bits per heavy atom. The van der Waals surface area contributed by atoms with E-state index < -0.39 is 0 Å². The van der Waals surface area contributed by atoms with Gasteiger partial charge in [-0.3, -0.25) is 0 Å². The van der Waals surface area contributed by atoms with E-state index in [-0.39, 0.29) is 0 Å². The largest absolute Gasteiger partial charge is 0.233 e. The predicted molar refractivity (Wildman–Crippen MR) is 30.2 cm³/mol. The second kappa shape index (κ2) is 2.66. The summed E-state index contributed by atoms with van der Waals surface area (Å²) in [4.78, 5) is 0. The highest BCUT2D eigenvalue weighted by atomic mass is 32.2. The van der Waals surface area contributed by atoms with Crippen LogP contribution in [0.5, 0.6) is 0 Å². The molecule has 0 unspecified atom stereocenters. The lowest BCUT2D eigenvalue weighted by Crippen LogP contribution is -1.87. The third-order valence-electron chi connectivity index (χ3n) is 0.548. The van der Waals surface area contributed by atoms with Gasteiger partial charge in [-0.05, 0) is 22.4 Å². The van der Waals surface area contributed by atoms with Gasteiger partial charge in [0.25, 0.3) is 0 Å². The highest BCUT2D eigenvalue weighted by Gasteiger charge is 1.87. The molecule has 1 aromatic rings. The maximum Gasteiger partial charge on any atom is 0.233 e. The summed E-state index contributed by atoms with van der Waals surface area (Å²) >= 11 is 1.51. The molecular weight excluding hydrogens is 124 g/mol. The van der Waals surface area contributed by atoms with Crippen LogP contribution in [0, 0.1) is 6.33 Å². The molecular formula is C3H5N4S. The summed E-state index contributed by atoms with van der Waals surface area (Å²) < 4.78 is 1.50. The zero-order valence-corrected chi connectivity index (χ0v) is 5.22. The molecule has 0 spiro atoms. The van der Waals surface area contributed by atoms with Crippen LogP contribution in [0.4, 0.5) is 0 Å². The molecule has 43 valence electrons. The summed E-state index contributed by atoms with van der Waals surface area (Å²) in [5, 5.41) is 10.3. The van der Waals surface area contributed by atoms with Crippen molar-refractivity contribution in [1.82, 2.24) is 19.6 Å². The number of rotatable bonds is 2. The molecule has 0 saturated heterocycles. The first-order valence-electron chi connectivity index (χ1n) is 2.23. The molecule has 1 heterocycles. The summed E-state index contributed by atoms with van der Waals surface area (Å²) in [5.74, 6) is 0.960. The van der Waals surface area contributed by atoms with Crippen LogP contribution in [0.1, 0.15) is 6.92 Å². The molecule has 0 saturated carbocycles. The molecule has 0 aliphatic carbocycles. The van der Waals surface area contributed by atoms with Gasteiger partial charge in [0.2, 0.25) is 6.33 Å². The fourth-order valence-corrected chi connectivity index (χ4v) is 0.735. The number of nitrogens with zero attached hydrogens (tertiary/aromatic N) is 4. The van der Waals surface area contributed by atoms with Crippen LogP contribution in [-0.2, 0) is 0 Å². The molecule has 0 aliphatic rings. The number of aromatic nitrogens is 4. The van der Waals surface area contributed by atoms with Crippen molar-refractivity contribution in [2.24, 2.45) is 0 Å². The Hall–Kier alpha value is -0.580. The minimum Gasteiger partial charge on any atom is -0.162 e. The van der Waals surface area contributed by atoms with Crippen molar-refractivity contribution >= 4 is 11.9 Å². The topological polar surface area (TPSA) is 43.6 Å². The van der Waals surface area contributed by atoms with E-state index in [1.807, 2.05) is 6.92 Å². The van der Waals surface area contributed by atoms with Gasteiger partial charge in [0, 0.05) is 5.75 Å². The fourth-order valence-electron chi connectivity index (χ4n) is 0.312. The molecule has 0 amide bonds. The van der Waals surface area contributed by atoms with E-state index in [0.29, 0.717) is 0 Å². The van der Waals surface area contributed by atoms with Crippen LogP contribution in [0.25, 0.3) is 0 Å². The Morgan fingerprint density at radius 1 is 1.75 bits per heavy atom. The van der Waals surface area contributed by atoms with E-state index in [1.54, 1.807) is 0 Å². The lowest BCUT2D eigenvalue weighted by Gasteiger charge is -1.86. The fraction of sp³-hybridized carbons (Fsp3) is 0.667. The van der Waals surface area contributed by atoms with Crippen molar-refractivity contribution in [3.05, 3.63) is 6.33 Å². The Bertz CT molecular complexity index is 137. The normalized spacial score (nSPS) is 9.62. The van der Waals surface area contributed by atoms with Gasteiger partial charge in [0.1, 0.15) is 0 Å². The van der Waals surface area contributed by atoms with Gasteiger partial charge in [-0.1, -0.05) is 6.92 Å². The zero-order valence-electron chi connectivity index (χ0n) is 4.40. The van der Waals surface area contributed by atoms with Gasteiger partial charge in [-0.25, -0.2) is 0 Å². The lowest BCUT2D eigenvalue weighted by atomic mass is 11.0. The highest BCUT2D eigenvalue weighted by molar-refractivity contribution is 7.97. The Labute approximate surface area is 51.4 Å². The number of hydrogen-bond acceptors (Lipinski definition) is 4. The second-order valence-electron chi connectivity index (χ2n) is 1.07. The van der Waals surface area contributed by atoms with E-state index in [1.165, 1.54) is 16.0 Å². The van der Waals surface area contributed by atoms with Crippen LogP contribution in [0.3, 0.4) is 0 Å². The summed E-state index contributed by atoms with van der Waals surface area (Å²) in [5.41, 5.74) is 0. The standard InChI is InChI=1S/C3H5N4S/c1-2-8-7-3-4-5-6-7/h2H2,1H3. The van der Waals surface area contributed by atoms with Crippen molar-refractivity contribution in [3.8, 4) is 0 Å². The third kappa shape index (κ3) is 1.19. The first-order chi connectivity index (χ1) is 3.93. The van der Waals surface area contributed by atoms with Gasteiger partial charge in [0.15, 0.2) is 0 Å². The van der Waals surface area contributed by atoms with Crippen LogP contribution in [0.2, 0.25) is 0 Å². The minimum atomic E-state index is 0.960. The maximum atomic E-state index is 3.57. The van der Waals surface area contributed by atoms with Crippen molar-refractivity contribution in [2.45, 2.75) is 6.92 Å².